The number of carbonyl (C=O) groups is 2. The number of carboxylic acid groups (broad SMARTS) is 1. The van der Waals surface area contributed by atoms with Gasteiger partial charge in [0, 0.05) is 16.8 Å². The number of nitrogens with zero attached hydrogens (tertiary/aromatic N) is 4. The summed E-state index contributed by atoms with van der Waals surface area (Å²) in [7, 11) is 0. The van der Waals surface area contributed by atoms with Gasteiger partial charge in [0.15, 0.2) is 0 Å². The molecule has 0 unspecified atom stereocenters. The number of aromatic nitrogens is 3. The van der Waals surface area contributed by atoms with E-state index < -0.39 is 5.97 Å². The number of carbonyl (C=O) groups excluding carboxylic acids is 1. The van der Waals surface area contributed by atoms with Crippen LogP contribution in [0.3, 0.4) is 0 Å². The van der Waals surface area contributed by atoms with E-state index in [1.807, 2.05) is 15.6 Å². The van der Waals surface area contributed by atoms with Crippen molar-refractivity contribution in [1.29, 1.82) is 0 Å². The average Bonchev–Trinajstić information content (AvgIpc) is 3.56. The summed E-state index contributed by atoms with van der Waals surface area (Å²) < 4.78 is 1.92. The minimum atomic E-state index is -0.936. The molecule has 0 bridgehead atoms. The van der Waals surface area contributed by atoms with Crippen LogP contribution in [0.4, 0.5) is 5.69 Å². The van der Waals surface area contributed by atoms with Gasteiger partial charge in [-0.2, -0.15) is 5.10 Å². The van der Waals surface area contributed by atoms with E-state index in [-0.39, 0.29) is 29.3 Å². The number of amides is 1. The molecule has 8 heteroatoms. The van der Waals surface area contributed by atoms with Gasteiger partial charge in [0.1, 0.15) is 17.5 Å². The van der Waals surface area contributed by atoms with E-state index in [2.05, 4.69) is 36.9 Å². The van der Waals surface area contributed by atoms with Crippen molar-refractivity contribution in [2.24, 2.45) is 17.3 Å². The lowest BCUT2D eigenvalue weighted by Crippen LogP contribution is -2.46. The Balaban J connectivity index is 1.46. The van der Waals surface area contributed by atoms with Gasteiger partial charge in [0.25, 0.3) is 0 Å². The van der Waals surface area contributed by atoms with Crippen molar-refractivity contribution in [3.05, 3.63) is 34.6 Å². The van der Waals surface area contributed by atoms with Crippen LogP contribution in [0.15, 0.2) is 24.8 Å². The van der Waals surface area contributed by atoms with Crippen molar-refractivity contribution in [1.82, 2.24) is 14.8 Å². The molecule has 0 radical (unpaired) electrons. The third-order valence-corrected chi connectivity index (χ3v) is 10.1. The van der Waals surface area contributed by atoms with Gasteiger partial charge in [-0.25, -0.2) is 14.5 Å². The number of hydrogen-bond donors (Lipinski definition) is 1. The van der Waals surface area contributed by atoms with Crippen molar-refractivity contribution >= 4 is 34.5 Å². The molecule has 2 saturated carbocycles. The van der Waals surface area contributed by atoms with Gasteiger partial charge >= 0.3 is 5.97 Å². The third-order valence-electron chi connectivity index (χ3n) is 8.90. The van der Waals surface area contributed by atoms with Gasteiger partial charge in [0.2, 0.25) is 5.91 Å². The predicted octanol–water partition coefficient (Wildman–Crippen LogP) is 6.97. The van der Waals surface area contributed by atoms with Crippen LogP contribution in [-0.4, -0.2) is 37.8 Å². The monoisotopic (exact) mass is 524 g/mol. The SMILES string of the molecule is CC1(C)CC=C(c2cc(N(C(=O)[C@H]3CC[C@H](C)CC3)[C@H]3CC[C@H](n4cncn4)CC3)c(C(=O)O)s2)CC1. The van der Waals surface area contributed by atoms with Gasteiger partial charge in [-0.05, 0) is 93.6 Å². The predicted molar refractivity (Wildman–Crippen MR) is 147 cm³/mol. The molecule has 0 aliphatic heterocycles. The number of carboxylic acids is 1. The maximum atomic E-state index is 14.2. The third kappa shape index (κ3) is 5.69. The highest BCUT2D eigenvalue weighted by Gasteiger charge is 2.38. The highest BCUT2D eigenvalue weighted by atomic mass is 32.1. The van der Waals surface area contributed by atoms with Crippen molar-refractivity contribution in [2.75, 3.05) is 4.90 Å². The molecule has 2 aromatic rings. The summed E-state index contributed by atoms with van der Waals surface area (Å²) in [4.78, 5) is 34.0. The Hall–Kier alpha value is -2.48. The van der Waals surface area contributed by atoms with Crippen molar-refractivity contribution in [3.63, 3.8) is 0 Å². The molecule has 5 rings (SSSR count). The van der Waals surface area contributed by atoms with Crippen LogP contribution < -0.4 is 4.90 Å². The Morgan fingerprint density at radius 2 is 1.84 bits per heavy atom. The molecule has 2 aromatic heterocycles. The molecule has 3 aliphatic carbocycles. The summed E-state index contributed by atoms with van der Waals surface area (Å²) in [5, 5.41) is 14.6. The number of thiophene rings is 1. The minimum Gasteiger partial charge on any atom is -0.477 e. The summed E-state index contributed by atoms with van der Waals surface area (Å²) >= 11 is 1.35. The van der Waals surface area contributed by atoms with Gasteiger partial charge in [-0.3, -0.25) is 4.79 Å². The molecule has 1 N–H and O–H groups in total. The molecule has 200 valence electrons. The van der Waals surface area contributed by atoms with Crippen LogP contribution in [0, 0.1) is 17.3 Å². The summed E-state index contributed by atoms with van der Waals surface area (Å²) in [6.45, 7) is 6.82. The molecular formula is C29H40N4O3S. The lowest BCUT2D eigenvalue weighted by Gasteiger charge is -2.39. The van der Waals surface area contributed by atoms with Crippen LogP contribution in [0.1, 0.15) is 112 Å². The molecule has 0 atom stereocenters. The first-order valence-electron chi connectivity index (χ1n) is 14.0. The summed E-state index contributed by atoms with van der Waals surface area (Å²) in [5.74, 6) is -0.180. The molecule has 1 amide bonds. The Morgan fingerprint density at radius 3 is 2.43 bits per heavy atom. The Bertz CT molecular complexity index is 1140. The standard InChI is InChI=1S/C29H40N4O3S/c1-19-4-6-21(7-5-19)27(34)33(23-10-8-22(9-11-23)32-18-30-17-31-32)24-16-25(37-26(24)28(35)36)20-12-14-29(2,3)15-13-20/h12,16-19,21-23H,4-11,13-15H2,1-3H3,(H,35,36)/t19-,21-,22-,23-. The fourth-order valence-electron chi connectivity index (χ4n) is 6.36. The average molecular weight is 525 g/mol. The highest BCUT2D eigenvalue weighted by Crippen LogP contribution is 2.45. The molecule has 37 heavy (non-hydrogen) atoms. The smallest absolute Gasteiger partial charge is 0.348 e. The maximum absolute atomic E-state index is 14.2. The van der Waals surface area contributed by atoms with Gasteiger partial charge < -0.3 is 10.0 Å². The van der Waals surface area contributed by atoms with E-state index in [0.29, 0.717) is 16.5 Å². The highest BCUT2D eigenvalue weighted by molar-refractivity contribution is 7.15. The number of hydrogen-bond acceptors (Lipinski definition) is 5. The Kier molecular flexibility index (Phi) is 7.57. The van der Waals surface area contributed by atoms with Crippen LogP contribution >= 0.6 is 11.3 Å². The first-order chi connectivity index (χ1) is 17.7. The van der Waals surface area contributed by atoms with E-state index in [9.17, 15) is 14.7 Å². The zero-order chi connectivity index (χ0) is 26.2. The molecule has 0 spiro atoms. The van der Waals surface area contributed by atoms with Gasteiger partial charge in [0.05, 0.1) is 11.7 Å². The Labute approximate surface area is 224 Å². The maximum Gasteiger partial charge on any atom is 0.348 e. The number of rotatable bonds is 6. The first kappa shape index (κ1) is 26.1. The van der Waals surface area contributed by atoms with Gasteiger partial charge in [-0.15, -0.1) is 11.3 Å². The number of anilines is 1. The molecular weight excluding hydrogens is 484 g/mol. The van der Waals surface area contributed by atoms with Gasteiger partial charge in [-0.1, -0.05) is 26.8 Å². The van der Waals surface area contributed by atoms with Crippen LogP contribution in [0.25, 0.3) is 5.57 Å². The number of allylic oxidation sites excluding steroid dienone is 2. The normalized spacial score (nSPS) is 27.9. The zero-order valence-corrected chi connectivity index (χ0v) is 23.2. The van der Waals surface area contributed by atoms with E-state index >= 15 is 0 Å². The lowest BCUT2D eigenvalue weighted by atomic mass is 9.78. The second-order valence-corrected chi connectivity index (χ2v) is 13.3. The molecule has 2 fully saturated rings. The van der Waals surface area contributed by atoms with Crippen molar-refractivity contribution < 1.29 is 14.7 Å². The minimum absolute atomic E-state index is 0.00596. The Morgan fingerprint density at radius 1 is 1.11 bits per heavy atom. The fourth-order valence-corrected chi connectivity index (χ4v) is 7.41. The topological polar surface area (TPSA) is 88.3 Å². The second-order valence-electron chi connectivity index (χ2n) is 12.2. The van der Waals surface area contributed by atoms with Crippen molar-refractivity contribution in [3.8, 4) is 0 Å². The summed E-state index contributed by atoms with van der Waals surface area (Å²) in [5.41, 5.74) is 2.13. The fraction of sp³-hybridized carbons (Fsp3) is 0.655. The van der Waals surface area contributed by atoms with Crippen LogP contribution in [0.2, 0.25) is 0 Å². The zero-order valence-electron chi connectivity index (χ0n) is 22.4. The van der Waals surface area contributed by atoms with E-state index in [4.69, 9.17) is 0 Å². The quantitative estimate of drug-likeness (QED) is 0.441. The summed E-state index contributed by atoms with van der Waals surface area (Å²) in [6.07, 6.45) is 16.0. The molecule has 7 nitrogen and oxygen atoms in total. The van der Waals surface area contributed by atoms with E-state index in [1.54, 1.807) is 12.7 Å². The van der Waals surface area contributed by atoms with E-state index in [0.717, 1.165) is 75.5 Å². The molecule has 0 aromatic carbocycles. The number of aromatic carboxylic acids is 1. The van der Waals surface area contributed by atoms with Crippen LogP contribution in [-0.2, 0) is 4.79 Å². The molecule has 2 heterocycles. The first-order valence-corrected chi connectivity index (χ1v) is 14.8. The molecule has 3 aliphatic rings. The van der Waals surface area contributed by atoms with Crippen molar-refractivity contribution in [2.45, 2.75) is 103 Å². The second kappa shape index (κ2) is 10.7. The van der Waals surface area contributed by atoms with Crippen LogP contribution in [0.5, 0.6) is 0 Å². The summed E-state index contributed by atoms with van der Waals surface area (Å²) in [6, 6.07) is 2.30. The largest absolute Gasteiger partial charge is 0.477 e. The lowest BCUT2D eigenvalue weighted by molar-refractivity contribution is -0.124. The van der Waals surface area contributed by atoms with E-state index in [1.165, 1.54) is 16.9 Å². The molecule has 0 saturated heterocycles.